The predicted molar refractivity (Wildman–Crippen MR) is 165 cm³/mol. The quantitative estimate of drug-likeness (QED) is 0.208. The van der Waals surface area contributed by atoms with Gasteiger partial charge in [-0.15, -0.1) is 0 Å². The molecular formula is C36H63O4-. The first-order chi connectivity index (χ1) is 19.3. The number of aliphatic hydroxyl groups is 2. The van der Waals surface area contributed by atoms with Gasteiger partial charge in [0.2, 0.25) is 0 Å². The lowest BCUT2D eigenvalue weighted by molar-refractivity contribution is 0.198. The molecule has 9 aliphatic rings. The van der Waals surface area contributed by atoms with Crippen LogP contribution in [0.1, 0.15) is 105 Å². The molecule has 1 saturated heterocycles. The van der Waals surface area contributed by atoms with E-state index in [1.54, 1.807) is 38.5 Å². The molecule has 9 rings (SSSR count). The summed E-state index contributed by atoms with van der Waals surface area (Å²) in [6, 6.07) is 0. The van der Waals surface area contributed by atoms with E-state index in [1.807, 2.05) is 27.7 Å². The molecule has 0 aromatic carbocycles. The lowest BCUT2D eigenvalue weighted by atomic mass is 9.73. The molecule has 3 N–H and O–H groups in total. The Bertz CT molecular complexity index is 646. The van der Waals surface area contributed by atoms with E-state index >= 15 is 0 Å². The summed E-state index contributed by atoms with van der Waals surface area (Å²) in [7, 11) is 0. The number of allylic oxidation sites excluding steroid dienone is 4. The second-order valence-corrected chi connectivity index (χ2v) is 13.3. The summed E-state index contributed by atoms with van der Waals surface area (Å²) < 4.78 is 4.94. The van der Waals surface area contributed by atoms with E-state index in [2.05, 4.69) is 24.3 Å². The van der Waals surface area contributed by atoms with Crippen molar-refractivity contribution in [2.75, 3.05) is 26.4 Å². The SMILES string of the molecule is C1=CC2CC1C1C3CCC(C3)C21.C1=CC2CC1C1C3CCC(C3)C21.C1CCOC1.CC.CC.OCCCCO.[OH-]. The van der Waals surface area contributed by atoms with E-state index in [-0.39, 0.29) is 18.7 Å². The van der Waals surface area contributed by atoms with Gasteiger partial charge in [0.25, 0.3) is 0 Å². The second kappa shape index (κ2) is 16.8. The normalized spacial score (nSPS) is 43.5. The molecule has 4 heteroatoms. The van der Waals surface area contributed by atoms with E-state index < -0.39 is 0 Å². The fourth-order valence-electron chi connectivity index (χ4n) is 10.7. The maximum Gasteiger partial charge on any atom is 0.0466 e. The van der Waals surface area contributed by atoms with Gasteiger partial charge in [-0.2, -0.15) is 0 Å². The lowest BCUT2D eigenvalue weighted by Gasteiger charge is -2.31. The van der Waals surface area contributed by atoms with Gasteiger partial charge < -0.3 is 20.4 Å². The van der Waals surface area contributed by atoms with Crippen molar-refractivity contribution in [3.63, 3.8) is 0 Å². The molecule has 7 fully saturated rings. The summed E-state index contributed by atoms with van der Waals surface area (Å²) in [5.41, 5.74) is 0. The highest BCUT2D eigenvalue weighted by Gasteiger charge is 2.58. The van der Waals surface area contributed by atoms with Crippen molar-refractivity contribution in [2.45, 2.75) is 105 Å². The van der Waals surface area contributed by atoms with Crippen molar-refractivity contribution in [1.82, 2.24) is 0 Å². The minimum absolute atomic E-state index is 0. The third-order valence-electron chi connectivity index (χ3n) is 11.8. The van der Waals surface area contributed by atoms with E-state index in [9.17, 15) is 0 Å². The highest BCUT2D eigenvalue weighted by molar-refractivity contribution is 5.20. The average molecular weight is 560 g/mol. The maximum absolute atomic E-state index is 8.09. The molecule has 0 radical (unpaired) electrons. The van der Waals surface area contributed by atoms with E-state index in [0.29, 0.717) is 0 Å². The van der Waals surface area contributed by atoms with Crippen molar-refractivity contribution in [1.29, 1.82) is 0 Å². The fourth-order valence-corrected chi connectivity index (χ4v) is 10.7. The van der Waals surface area contributed by atoms with Crippen molar-refractivity contribution < 1.29 is 20.4 Å². The molecule has 0 aromatic heterocycles. The first-order valence-electron chi connectivity index (χ1n) is 17.4. The third-order valence-corrected chi connectivity index (χ3v) is 11.8. The molecule has 0 aromatic rings. The topological polar surface area (TPSA) is 79.7 Å². The van der Waals surface area contributed by atoms with Crippen LogP contribution in [-0.2, 0) is 4.74 Å². The van der Waals surface area contributed by atoms with E-state index in [0.717, 1.165) is 97.1 Å². The molecule has 232 valence electrons. The zero-order valence-corrected chi connectivity index (χ0v) is 26.3. The van der Waals surface area contributed by atoms with Crippen molar-refractivity contribution >= 4 is 0 Å². The van der Waals surface area contributed by atoms with Crippen LogP contribution in [0, 0.1) is 71.0 Å². The third kappa shape index (κ3) is 7.09. The van der Waals surface area contributed by atoms with Crippen LogP contribution in [-0.4, -0.2) is 42.1 Å². The Morgan fingerprint density at radius 2 is 0.825 bits per heavy atom. The van der Waals surface area contributed by atoms with Gasteiger partial charge >= 0.3 is 0 Å². The number of aliphatic hydroxyl groups excluding tert-OH is 2. The molecule has 12 atom stereocenters. The van der Waals surface area contributed by atoms with Crippen LogP contribution in [0.15, 0.2) is 24.3 Å². The van der Waals surface area contributed by atoms with Crippen molar-refractivity contribution in [2.24, 2.45) is 71.0 Å². The Hall–Kier alpha value is -0.680. The van der Waals surface area contributed by atoms with Crippen LogP contribution in [0.3, 0.4) is 0 Å². The number of ether oxygens (including phenoxy) is 1. The molecule has 0 amide bonds. The van der Waals surface area contributed by atoms with Gasteiger partial charge in [-0.3, -0.25) is 0 Å². The standard InChI is InChI=1S/2C12H16.C4H10O2.C4H8O.2C2H6.H2O/c2*1-2-8-5-7(1)11-9-3-4-10(6-9)12(8)11;5-3-1-2-4-6;1-2-4-5-3-1;2*1-2;/h2*1-2,7-12H,3-6H2;5-6H,1-4H2;1-4H2;2*1-2H3;1H2/p-1. The minimum Gasteiger partial charge on any atom is -0.870 e. The summed E-state index contributed by atoms with van der Waals surface area (Å²) >= 11 is 0. The van der Waals surface area contributed by atoms with E-state index in [1.165, 1.54) is 25.7 Å². The first-order valence-corrected chi connectivity index (χ1v) is 17.4. The molecule has 6 saturated carbocycles. The Balaban J connectivity index is 0.000000148. The number of hydrogen-bond donors (Lipinski definition) is 2. The van der Waals surface area contributed by atoms with Crippen LogP contribution < -0.4 is 0 Å². The summed E-state index contributed by atoms with van der Waals surface area (Å²) in [6.45, 7) is 10.4. The lowest BCUT2D eigenvalue weighted by Crippen LogP contribution is -2.25. The minimum atomic E-state index is 0. The summed E-state index contributed by atoms with van der Waals surface area (Å²) in [5, 5.41) is 16.2. The summed E-state index contributed by atoms with van der Waals surface area (Å²) in [6.07, 6.45) is 26.7. The predicted octanol–water partition coefficient (Wildman–Crippen LogP) is 8.13. The van der Waals surface area contributed by atoms with Crippen LogP contribution in [0.5, 0.6) is 0 Å². The van der Waals surface area contributed by atoms with Crippen molar-refractivity contribution in [3.05, 3.63) is 24.3 Å². The Morgan fingerprint density at radius 1 is 0.525 bits per heavy atom. The summed E-state index contributed by atoms with van der Waals surface area (Å²) in [5.74, 6) is 13.3. The van der Waals surface area contributed by atoms with Crippen LogP contribution in [0.2, 0.25) is 0 Å². The number of rotatable bonds is 3. The van der Waals surface area contributed by atoms with Crippen LogP contribution in [0.25, 0.3) is 0 Å². The van der Waals surface area contributed by atoms with Gasteiger partial charge in [0.05, 0.1) is 0 Å². The number of hydrogen-bond acceptors (Lipinski definition) is 4. The molecule has 4 nitrogen and oxygen atoms in total. The number of fused-ring (bicyclic) bond motifs is 18. The zero-order valence-electron chi connectivity index (χ0n) is 26.3. The zero-order chi connectivity index (χ0) is 27.8. The molecule has 1 aliphatic heterocycles. The van der Waals surface area contributed by atoms with Gasteiger partial charge in [0.1, 0.15) is 0 Å². The first kappa shape index (κ1) is 33.8. The Morgan fingerprint density at radius 3 is 1.05 bits per heavy atom. The molecule has 12 unspecified atom stereocenters. The van der Waals surface area contributed by atoms with Crippen LogP contribution >= 0.6 is 0 Å². The average Bonchev–Trinajstić information content (AvgIpc) is 3.87. The largest absolute Gasteiger partial charge is 0.870 e. The highest BCUT2D eigenvalue weighted by atomic mass is 16.5. The van der Waals surface area contributed by atoms with Gasteiger partial charge in [0.15, 0.2) is 0 Å². The smallest absolute Gasteiger partial charge is 0.0466 e. The molecule has 8 bridgehead atoms. The van der Waals surface area contributed by atoms with Gasteiger partial charge in [-0.05, 0) is 148 Å². The van der Waals surface area contributed by atoms with Crippen molar-refractivity contribution in [3.8, 4) is 0 Å². The Labute approximate surface area is 246 Å². The second-order valence-electron chi connectivity index (χ2n) is 13.3. The number of unbranched alkanes of at least 4 members (excludes halogenated alkanes) is 1. The molecule has 8 aliphatic carbocycles. The monoisotopic (exact) mass is 559 g/mol. The molecule has 40 heavy (non-hydrogen) atoms. The van der Waals surface area contributed by atoms with Gasteiger partial charge in [-0.1, -0.05) is 52.0 Å². The van der Waals surface area contributed by atoms with Gasteiger partial charge in [-0.25, -0.2) is 0 Å². The molecule has 1 heterocycles. The summed E-state index contributed by atoms with van der Waals surface area (Å²) in [4.78, 5) is 0. The van der Waals surface area contributed by atoms with Crippen LogP contribution in [0.4, 0.5) is 0 Å². The van der Waals surface area contributed by atoms with Gasteiger partial charge in [0, 0.05) is 26.4 Å². The Kier molecular flexibility index (Phi) is 14.2. The molecule has 0 spiro atoms. The maximum atomic E-state index is 8.09. The fraction of sp³-hybridized carbons (Fsp3) is 0.889. The van der Waals surface area contributed by atoms with E-state index in [4.69, 9.17) is 14.9 Å². The molecular weight excluding hydrogens is 496 g/mol. The highest BCUT2D eigenvalue weighted by Crippen LogP contribution is 2.66.